The van der Waals surface area contributed by atoms with Gasteiger partial charge in [-0.05, 0) is 37.8 Å². The van der Waals surface area contributed by atoms with Crippen molar-refractivity contribution in [2.45, 2.75) is 31.8 Å². The lowest BCUT2D eigenvalue weighted by molar-refractivity contribution is -0.130. The van der Waals surface area contributed by atoms with Crippen LogP contribution in [0.4, 0.5) is 5.69 Å². The Kier molecular flexibility index (Phi) is 7.50. The topological polar surface area (TPSA) is 82.8 Å². The van der Waals surface area contributed by atoms with Crippen molar-refractivity contribution in [3.8, 4) is 5.75 Å². The fraction of sp³-hybridized carbons (Fsp3) is 0.611. The number of amides is 1. The first kappa shape index (κ1) is 20.0. The third-order valence-corrected chi connectivity index (χ3v) is 4.87. The lowest BCUT2D eigenvalue weighted by Gasteiger charge is -2.34. The Morgan fingerprint density at radius 1 is 1.32 bits per heavy atom. The second-order valence-electron chi connectivity index (χ2n) is 6.52. The van der Waals surface area contributed by atoms with Gasteiger partial charge < -0.3 is 25.3 Å². The average Bonchev–Trinajstić information content (AvgIpc) is 3.14. The molecule has 1 atom stereocenters. The first-order valence-corrected chi connectivity index (χ1v) is 8.66. The molecule has 1 aromatic rings. The zero-order valence-corrected chi connectivity index (χ0v) is 15.2. The van der Waals surface area contributed by atoms with Crippen molar-refractivity contribution in [3.05, 3.63) is 24.3 Å². The van der Waals surface area contributed by atoms with E-state index in [2.05, 4.69) is 5.32 Å². The third kappa shape index (κ3) is 5.07. The molecule has 2 heterocycles. The van der Waals surface area contributed by atoms with Gasteiger partial charge >= 0.3 is 0 Å². The predicted molar refractivity (Wildman–Crippen MR) is 98.3 cm³/mol. The lowest BCUT2D eigenvalue weighted by Crippen LogP contribution is -2.46. The quantitative estimate of drug-likeness (QED) is 0.803. The summed E-state index contributed by atoms with van der Waals surface area (Å²) in [5.41, 5.74) is 6.08. The van der Waals surface area contributed by atoms with Crippen molar-refractivity contribution in [2.24, 2.45) is 11.1 Å². The molecule has 0 spiro atoms. The summed E-state index contributed by atoms with van der Waals surface area (Å²) in [5, 5.41) is 2.99. The zero-order chi connectivity index (χ0) is 16.8. The molecule has 6 nitrogen and oxygen atoms in total. The summed E-state index contributed by atoms with van der Waals surface area (Å²) in [6.07, 6.45) is 3.62. The van der Waals surface area contributed by atoms with Crippen LogP contribution in [0.1, 0.15) is 25.7 Å². The van der Waals surface area contributed by atoms with Gasteiger partial charge in [-0.1, -0.05) is 6.07 Å². The van der Waals surface area contributed by atoms with Gasteiger partial charge in [0.05, 0.1) is 11.5 Å². The fourth-order valence-electron chi connectivity index (χ4n) is 3.18. The molecular weight excluding hydrogens is 344 g/mol. The molecule has 0 aromatic heterocycles. The molecule has 2 saturated heterocycles. The maximum absolute atomic E-state index is 12.7. The number of benzene rings is 1. The van der Waals surface area contributed by atoms with Crippen LogP contribution in [0.3, 0.4) is 0 Å². The predicted octanol–water partition coefficient (Wildman–Crippen LogP) is 2.36. The Bertz CT molecular complexity index is 558. The minimum atomic E-state index is -0.535. The first-order valence-electron chi connectivity index (χ1n) is 8.66. The minimum absolute atomic E-state index is 0. The Morgan fingerprint density at radius 2 is 2.12 bits per heavy atom. The van der Waals surface area contributed by atoms with Crippen molar-refractivity contribution < 1.29 is 19.0 Å². The van der Waals surface area contributed by atoms with Crippen molar-refractivity contribution >= 4 is 24.0 Å². The first-order chi connectivity index (χ1) is 11.7. The van der Waals surface area contributed by atoms with Gasteiger partial charge in [-0.15, -0.1) is 12.4 Å². The monoisotopic (exact) mass is 370 g/mol. The molecule has 2 fully saturated rings. The number of hydrogen-bond acceptors (Lipinski definition) is 5. The highest BCUT2D eigenvalue weighted by Crippen LogP contribution is 2.31. The summed E-state index contributed by atoms with van der Waals surface area (Å²) in [6, 6.07) is 7.47. The SMILES string of the molecule is Cl.NCC1(C(=O)Nc2cccc(OCC3CCCO3)c2)CCOCC1. The van der Waals surface area contributed by atoms with Crippen molar-refractivity contribution in [3.63, 3.8) is 0 Å². The summed E-state index contributed by atoms with van der Waals surface area (Å²) in [6.45, 7) is 2.85. The van der Waals surface area contributed by atoms with Crippen molar-refractivity contribution in [2.75, 3.05) is 38.3 Å². The van der Waals surface area contributed by atoms with Crippen LogP contribution in [0, 0.1) is 5.41 Å². The normalized spacial score (nSPS) is 22.0. The van der Waals surface area contributed by atoms with E-state index in [1.54, 1.807) is 0 Å². The minimum Gasteiger partial charge on any atom is -0.491 e. The van der Waals surface area contributed by atoms with E-state index in [1.165, 1.54) is 0 Å². The molecule has 1 aromatic carbocycles. The number of halogens is 1. The van der Waals surface area contributed by atoms with Crippen LogP contribution < -0.4 is 15.8 Å². The largest absolute Gasteiger partial charge is 0.491 e. The van der Waals surface area contributed by atoms with E-state index in [0.29, 0.717) is 39.2 Å². The molecular formula is C18H27ClN2O4. The number of nitrogens with one attached hydrogen (secondary N) is 1. The molecule has 3 rings (SSSR count). The highest BCUT2D eigenvalue weighted by molar-refractivity contribution is 5.95. The summed E-state index contributed by atoms with van der Waals surface area (Å²) >= 11 is 0. The van der Waals surface area contributed by atoms with Gasteiger partial charge in [0.2, 0.25) is 5.91 Å². The van der Waals surface area contributed by atoms with Gasteiger partial charge in [-0.25, -0.2) is 0 Å². The maximum atomic E-state index is 12.7. The van der Waals surface area contributed by atoms with Gasteiger partial charge in [0.25, 0.3) is 0 Å². The van der Waals surface area contributed by atoms with Crippen LogP contribution in [-0.2, 0) is 14.3 Å². The molecule has 0 aliphatic carbocycles. The van der Waals surface area contributed by atoms with Crippen LogP contribution in [0.5, 0.6) is 5.75 Å². The number of rotatable bonds is 6. The van der Waals surface area contributed by atoms with Gasteiger partial charge in [0, 0.05) is 38.1 Å². The fourth-order valence-corrected chi connectivity index (χ4v) is 3.18. The number of anilines is 1. The number of hydrogen-bond donors (Lipinski definition) is 2. The highest BCUT2D eigenvalue weighted by atomic mass is 35.5. The number of carbonyl (C=O) groups is 1. The van der Waals surface area contributed by atoms with E-state index in [-0.39, 0.29) is 24.4 Å². The molecule has 1 unspecified atom stereocenters. The van der Waals surface area contributed by atoms with E-state index in [4.69, 9.17) is 19.9 Å². The second-order valence-corrected chi connectivity index (χ2v) is 6.52. The van der Waals surface area contributed by atoms with E-state index in [1.807, 2.05) is 24.3 Å². The molecule has 0 bridgehead atoms. The summed E-state index contributed by atoms with van der Waals surface area (Å²) in [4.78, 5) is 12.7. The number of nitrogens with two attached hydrogens (primary N) is 1. The second kappa shape index (κ2) is 9.38. The van der Waals surface area contributed by atoms with Crippen LogP contribution in [0.2, 0.25) is 0 Å². The van der Waals surface area contributed by atoms with Gasteiger partial charge in [-0.2, -0.15) is 0 Å². The van der Waals surface area contributed by atoms with Crippen LogP contribution in [-0.4, -0.2) is 45.0 Å². The van der Waals surface area contributed by atoms with Gasteiger partial charge in [0.15, 0.2) is 0 Å². The molecule has 7 heteroatoms. The Labute approximate surface area is 154 Å². The van der Waals surface area contributed by atoms with Crippen molar-refractivity contribution in [1.82, 2.24) is 0 Å². The summed E-state index contributed by atoms with van der Waals surface area (Å²) in [5.74, 6) is 0.696. The van der Waals surface area contributed by atoms with Gasteiger partial charge in [0.1, 0.15) is 12.4 Å². The molecule has 0 saturated carbocycles. The molecule has 2 aliphatic heterocycles. The van der Waals surface area contributed by atoms with E-state index < -0.39 is 5.41 Å². The summed E-state index contributed by atoms with van der Waals surface area (Å²) in [7, 11) is 0. The third-order valence-electron chi connectivity index (χ3n) is 4.87. The maximum Gasteiger partial charge on any atom is 0.232 e. The van der Waals surface area contributed by atoms with E-state index in [0.717, 1.165) is 30.9 Å². The Balaban J connectivity index is 0.00000225. The van der Waals surface area contributed by atoms with Crippen LogP contribution >= 0.6 is 12.4 Å². The number of ether oxygens (including phenoxy) is 3. The molecule has 1 amide bonds. The molecule has 0 radical (unpaired) electrons. The highest BCUT2D eigenvalue weighted by Gasteiger charge is 2.38. The summed E-state index contributed by atoms with van der Waals surface area (Å²) < 4.78 is 16.7. The van der Waals surface area contributed by atoms with Gasteiger partial charge in [-0.3, -0.25) is 4.79 Å². The zero-order valence-electron chi connectivity index (χ0n) is 14.4. The Hall–Kier alpha value is -1.34. The number of carbonyl (C=O) groups excluding carboxylic acids is 1. The smallest absolute Gasteiger partial charge is 0.232 e. The lowest BCUT2D eigenvalue weighted by atomic mass is 9.79. The van der Waals surface area contributed by atoms with E-state index >= 15 is 0 Å². The average molecular weight is 371 g/mol. The molecule has 2 aliphatic rings. The van der Waals surface area contributed by atoms with Crippen LogP contribution in [0.25, 0.3) is 0 Å². The van der Waals surface area contributed by atoms with Crippen molar-refractivity contribution in [1.29, 1.82) is 0 Å². The molecule has 25 heavy (non-hydrogen) atoms. The Morgan fingerprint density at radius 3 is 2.80 bits per heavy atom. The molecule has 3 N–H and O–H groups in total. The van der Waals surface area contributed by atoms with Crippen LogP contribution in [0.15, 0.2) is 24.3 Å². The molecule has 140 valence electrons. The van der Waals surface area contributed by atoms with E-state index in [9.17, 15) is 4.79 Å². The standard InChI is InChI=1S/C18H26N2O4.ClH/c19-13-18(6-9-22-10-7-18)17(21)20-14-3-1-4-15(11-14)24-12-16-5-2-8-23-16;/h1,3-4,11,16H,2,5-10,12-13,19H2,(H,20,21);1H.